The zero-order chi connectivity index (χ0) is 28.6. The molecule has 0 aliphatic rings. The van der Waals surface area contributed by atoms with Crippen LogP contribution in [0.4, 0.5) is 10.8 Å². The molecule has 1 heterocycles. The Morgan fingerprint density at radius 3 is 2.24 bits per heavy atom. The van der Waals surface area contributed by atoms with E-state index in [0.717, 1.165) is 27.5 Å². The SMILES string of the molecule is COc1cccc(C(=O)Nc2ccc(SC(C(=O)Nc3nc(-c4cccc(OC)c4)cs3)c3ccccc3)cc2)c1. The number of methoxy groups -OCH3 is 2. The number of ether oxygens (including phenoxy) is 2. The average molecular weight is 582 g/mol. The van der Waals surface area contributed by atoms with Gasteiger partial charge in [-0.2, -0.15) is 0 Å². The van der Waals surface area contributed by atoms with E-state index in [4.69, 9.17) is 9.47 Å². The van der Waals surface area contributed by atoms with Crippen LogP contribution in [0, 0.1) is 0 Å². The van der Waals surface area contributed by atoms with Gasteiger partial charge in [-0.05, 0) is 60.2 Å². The third kappa shape index (κ3) is 7.13. The van der Waals surface area contributed by atoms with E-state index in [1.165, 1.54) is 23.1 Å². The van der Waals surface area contributed by atoms with Gasteiger partial charge in [-0.3, -0.25) is 9.59 Å². The Kier molecular flexibility index (Phi) is 8.98. The molecule has 1 aromatic heterocycles. The first-order valence-corrected chi connectivity index (χ1v) is 14.5. The maximum absolute atomic E-state index is 13.5. The van der Waals surface area contributed by atoms with Crippen molar-refractivity contribution in [1.82, 2.24) is 4.98 Å². The summed E-state index contributed by atoms with van der Waals surface area (Å²) in [5, 5.41) is 7.81. The molecule has 2 amide bonds. The Balaban J connectivity index is 1.29. The van der Waals surface area contributed by atoms with E-state index >= 15 is 0 Å². The maximum atomic E-state index is 13.5. The normalized spacial score (nSPS) is 11.4. The van der Waals surface area contributed by atoms with Crippen LogP contribution in [-0.2, 0) is 4.79 Å². The van der Waals surface area contributed by atoms with Crippen molar-refractivity contribution in [2.24, 2.45) is 0 Å². The number of anilines is 2. The number of benzene rings is 4. The van der Waals surface area contributed by atoms with Crippen LogP contribution >= 0.6 is 23.1 Å². The molecule has 0 bridgehead atoms. The first-order chi connectivity index (χ1) is 20.0. The number of nitrogens with one attached hydrogen (secondary N) is 2. The van der Waals surface area contributed by atoms with Crippen LogP contribution in [0.25, 0.3) is 11.3 Å². The molecule has 1 unspecified atom stereocenters. The highest BCUT2D eigenvalue weighted by Crippen LogP contribution is 2.37. The predicted octanol–water partition coefficient (Wildman–Crippen LogP) is 7.55. The van der Waals surface area contributed by atoms with Gasteiger partial charge in [0.15, 0.2) is 5.13 Å². The second-order valence-electron chi connectivity index (χ2n) is 8.88. The zero-order valence-corrected chi connectivity index (χ0v) is 24.0. The van der Waals surface area contributed by atoms with Gasteiger partial charge in [0.2, 0.25) is 5.91 Å². The first-order valence-electron chi connectivity index (χ1n) is 12.7. The lowest BCUT2D eigenvalue weighted by Gasteiger charge is -2.16. The molecule has 0 spiro atoms. The summed E-state index contributed by atoms with van der Waals surface area (Å²) < 4.78 is 10.5. The Labute approximate surface area is 246 Å². The Bertz CT molecular complexity index is 1640. The molecular weight excluding hydrogens is 555 g/mol. The smallest absolute Gasteiger partial charge is 0.255 e. The molecule has 1 atom stereocenters. The summed E-state index contributed by atoms with van der Waals surface area (Å²) in [6, 6.07) is 31.7. The van der Waals surface area contributed by atoms with E-state index < -0.39 is 5.25 Å². The summed E-state index contributed by atoms with van der Waals surface area (Å²) in [5.41, 5.74) is 3.69. The summed E-state index contributed by atoms with van der Waals surface area (Å²) in [6.07, 6.45) is 0. The number of amides is 2. The molecule has 2 N–H and O–H groups in total. The molecule has 9 heteroatoms. The molecule has 0 aliphatic heterocycles. The molecule has 7 nitrogen and oxygen atoms in total. The molecule has 0 saturated heterocycles. The van der Waals surface area contributed by atoms with Crippen molar-refractivity contribution in [3.8, 4) is 22.8 Å². The van der Waals surface area contributed by atoms with Crippen LogP contribution in [0.2, 0.25) is 0 Å². The highest BCUT2D eigenvalue weighted by atomic mass is 32.2. The van der Waals surface area contributed by atoms with E-state index in [0.29, 0.717) is 22.1 Å². The summed E-state index contributed by atoms with van der Waals surface area (Å²) in [7, 11) is 3.19. The highest BCUT2D eigenvalue weighted by molar-refractivity contribution is 8.00. The van der Waals surface area contributed by atoms with E-state index in [1.807, 2.05) is 84.2 Å². The van der Waals surface area contributed by atoms with E-state index in [9.17, 15) is 9.59 Å². The fourth-order valence-corrected chi connectivity index (χ4v) is 5.79. The monoisotopic (exact) mass is 581 g/mol. The van der Waals surface area contributed by atoms with Crippen LogP contribution in [0.5, 0.6) is 11.5 Å². The molecule has 0 aliphatic carbocycles. The largest absolute Gasteiger partial charge is 0.497 e. The maximum Gasteiger partial charge on any atom is 0.255 e. The van der Waals surface area contributed by atoms with Gasteiger partial charge in [-0.15, -0.1) is 23.1 Å². The molecule has 0 fully saturated rings. The Morgan fingerprint density at radius 1 is 0.805 bits per heavy atom. The number of rotatable bonds is 10. The summed E-state index contributed by atoms with van der Waals surface area (Å²) >= 11 is 2.80. The minimum absolute atomic E-state index is 0.178. The lowest BCUT2D eigenvalue weighted by molar-refractivity contribution is -0.115. The van der Waals surface area contributed by atoms with Crippen molar-refractivity contribution in [2.75, 3.05) is 24.9 Å². The number of nitrogens with zero attached hydrogens (tertiary/aromatic N) is 1. The molecule has 0 saturated carbocycles. The summed E-state index contributed by atoms with van der Waals surface area (Å²) in [5.74, 6) is 0.946. The number of hydrogen-bond donors (Lipinski definition) is 2. The third-order valence-electron chi connectivity index (χ3n) is 6.14. The van der Waals surface area contributed by atoms with Crippen LogP contribution in [0.3, 0.4) is 0 Å². The van der Waals surface area contributed by atoms with Gasteiger partial charge in [0.05, 0.1) is 19.9 Å². The quantitative estimate of drug-likeness (QED) is 0.166. The molecular formula is C32H27N3O4S2. The van der Waals surface area contributed by atoms with E-state index in [-0.39, 0.29) is 11.8 Å². The van der Waals surface area contributed by atoms with Gasteiger partial charge in [0, 0.05) is 27.1 Å². The second kappa shape index (κ2) is 13.2. The van der Waals surface area contributed by atoms with Crippen molar-refractivity contribution >= 4 is 45.7 Å². The van der Waals surface area contributed by atoms with Crippen molar-refractivity contribution in [3.05, 3.63) is 120 Å². The summed E-state index contributed by atoms with van der Waals surface area (Å²) in [6.45, 7) is 0. The van der Waals surface area contributed by atoms with Gasteiger partial charge in [-0.25, -0.2) is 4.98 Å². The van der Waals surface area contributed by atoms with Crippen molar-refractivity contribution in [1.29, 1.82) is 0 Å². The van der Waals surface area contributed by atoms with E-state index in [1.54, 1.807) is 38.5 Å². The fourth-order valence-electron chi connectivity index (χ4n) is 4.04. The Morgan fingerprint density at radius 2 is 1.51 bits per heavy atom. The van der Waals surface area contributed by atoms with Crippen molar-refractivity contribution in [3.63, 3.8) is 0 Å². The minimum atomic E-state index is -0.516. The predicted molar refractivity (Wildman–Crippen MR) is 165 cm³/mol. The van der Waals surface area contributed by atoms with E-state index in [2.05, 4.69) is 15.6 Å². The first kappa shape index (κ1) is 27.9. The van der Waals surface area contributed by atoms with Gasteiger partial charge in [0.1, 0.15) is 16.7 Å². The minimum Gasteiger partial charge on any atom is -0.497 e. The van der Waals surface area contributed by atoms with Gasteiger partial charge < -0.3 is 20.1 Å². The highest BCUT2D eigenvalue weighted by Gasteiger charge is 2.23. The number of aromatic nitrogens is 1. The molecule has 0 radical (unpaired) electrons. The lowest BCUT2D eigenvalue weighted by atomic mass is 10.1. The average Bonchev–Trinajstić information content (AvgIpc) is 3.49. The van der Waals surface area contributed by atoms with Gasteiger partial charge >= 0.3 is 0 Å². The topological polar surface area (TPSA) is 89.5 Å². The van der Waals surface area contributed by atoms with Crippen LogP contribution < -0.4 is 20.1 Å². The molecule has 5 aromatic rings. The lowest BCUT2D eigenvalue weighted by Crippen LogP contribution is -2.19. The van der Waals surface area contributed by atoms with Crippen LogP contribution in [-0.4, -0.2) is 31.0 Å². The van der Waals surface area contributed by atoms with Crippen molar-refractivity contribution < 1.29 is 19.1 Å². The summed E-state index contributed by atoms with van der Waals surface area (Å²) in [4.78, 5) is 31.7. The second-order valence-corrected chi connectivity index (χ2v) is 10.9. The number of hydrogen-bond acceptors (Lipinski definition) is 7. The number of thioether (sulfide) groups is 1. The molecule has 41 heavy (non-hydrogen) atoms. The standard InChI is InChI=1S/C32H27N3O4S2/c1-38-25-12-6-10-22(18-25)28-20-40-32(34-28)35-31(37)29(21-8-4-3-5-9-21)41-27-16-14-24(15-17-27)33-30(36)23-11-7-13-26(19-23)39-2/h3-20,29H,1-2H3,(H,33,36)(H,34,35,37). The molecule has 4 aromatic carbocycles. The van der Waals surface area contributed by atoms with Gasteiger partial charge in [-0.1, -0.05) is 48.5 Å². The van der Waals surface area contributed by atoms with Crippen LogP contribution in [0.15, 0.2) is 113 Å². The number of carbonyl (C=O) groups excluding carboxylic acids is 2. The van der Waals surface area contributed by atoms with Crippen LogP contribution in [0.1, 0.15) is 21.2 Å². The Hall–Kier alpha value is -4.60. The molecule has 206 valence electrons. The van der Waals surface area contributed by atoms with Gasteiger partial charge in [0.25, 0.3) is 5.91 Å². The molecule has 5 rings (SSSR count). The van der Waals surface area contributed by atoms with Crippen molar-refractivity contribution in [2.45, 2.75) is 10.1 Å². The zero-order valence-electron chi connectivity index (χ0n) is 22.4. The number of carbonyl (C=O) groups is 2. The third-order valence-corrected chi connectivity index (χ3v) is 8.16. The number of thiazole rings is 1. The fraction of sp³-hybridized carbons (Fsp3) is 0.0938.